The molecule has 1 aliphatic carbocycles. The van der Waals surface area contributed by atoms with Gasteiger partial charge in [-0.3, -0.25) is 0 Å². The maximum Gasteiger partial charge on any atom is 0.241 e. The third kappa shape index (κ3) is 3.19. The van der Waals surface area contributed by atoms with Crippen LogP contribution in [0.3, 0.4) is 0 Å². The van der Waals surface area contributed by atoms with Crippen LogP contribution in [0, 0.1) is 18.7 Å². The van der Waals surface area contributed by atoms with E-state index in [1.165, 1.54) is 19.1 Å². The third-order valence-electron chi connectivity index (χ3n) is 3.90. The predicted octanol–water partition coefficient (Wildman–Crippen LogP) is 2.06. The lowest BCUT2D eigenvalue weighted by molar-refractivity contribution is 0.535. The lowest BCUT2D eigenvalue weighted by atomic mass is 10.1. The van der Waals surface area contributed by atoms with Crippen LogP contribution < -0.4 is 10.5 Å². The molecule has 3 N–H and O–H groups in total. The Morgan fingerprint density at radius 3 is 2.65 bits per heavy atom. The molecule has 0 heterocycles. The summed E-state index contributed by atoms with van der Waals surface area (Å²) in [6.07, 6.45) is 2.68. The standard InChI is InChI=1S/C14H21FN2O2S/c1-9-3-4-12(5-9)17-20(18,19)14-7-11(8-16)6-13(15)10(14)2/h6-7,9,12,17H,3-5,8,16H2,1-2H3. The number of nitrogens with two attached hydrogens (primary N) is 1. The van der Waals surface area contributed by atoms with E-state index < -0.39 is 15.8 Å². The van der Waals surface area contributed by atoms with Gasteiger partial charge in [0.1, 0.15) is 5.82 Å². The van der Waals surface area contributed by atoms with Crippen molar-refractivity contribution in [3.63, 3.8) is 0 Å². The van der Waals surface area contributed by atoms with E-state index in [2.05, 4.69) is 11.6 Å². The highest BCUT2D eigenvalue weighted by Gasteiger charge is 2.28. The maximum atomic E-state index is 13.8. The molecular weight excluding hydrogens is 279 g/mol. The van der Waals surface area contributed by atoms with Gasteiger partial charge in [0.2, 0.25) is 10.0 Å². The number of halogens is 1. The number of hydrogen-bond donors (Lipinski definition) is 2. The second kappa shape index (κ2) is 5.79. The van der Waals surface area contributed by atoms with E-state index in [1.807, 2.05) is 0 Å². The van der Waals surface area contributed by atoms with Gasteiger partial charge in [-0.15, -0.1) is 0 Å². The van der Waals surface area contributed by atoms with Crippen LogP contribution in [0.1, 0.15) is 37.3 Å². The minimum absolute atomic E-state index is 0.00231. The Balaban J connectivity index is 2.31. The van der Waals surface area contributed by atoms with Crippen LogP contribution in [0.15, 0.2) is 17.0 Å². The fourth-order valence-corrected chi connectivity index (χ4v) is 4.29. The summed E-state index contributed by atoms with van der Waals surface area (Å²) in [5.41, 5.74) is 6.10. The van der Waals surface area contributed by atoms with Crippen LogP contribution in [-0.2, 0) is 16.6 Å². The van der Waals surface area contributed by atoms with Crippen molar-refractivity contribution in [3.8, 4) is 0 Å². The van der Waals surface area contributed by atoms with Gasteiger partial charge in [0.15, 0.2) is 0 Å². The van der Waals surface area contributed by atoms with Gasteiger partial charge in [-0.25, -0.2) is 17.5 Å². The largest absolute Gasteiger partial charge is 0.326 e. The van der Waals surface area contributed by atoms with Crippen molar-refractivity contribution in [1.82, 2.24) is 4.72 Å². The molecule has 1 fully saturated rings. The molecule has 0 radical (unpaired) electrons. The van der Waals surface area contributed by atoms with Gasteiger partial charge in [-0.2, -0.15) is 0 Å². The van der Waals surface area contributed by atoms with Crippen LogP contribution in [0.2, 0.25) is 0 Å². The van der Waals surface area contributed by atoms with E-state index in [0.29, 0.717) is 11.5 Å². The first-order valence-electron chi connectivity index (χ1n) is 6.85. The highest BCUT2D eigenvalue weighted by atomic mass is 32.2. The zero-order valence-corrected chi connectivity index (χ0v) is 12.6. The van der Waals surface area contributed by atoms with E-state index in [-0.39, 0.29) is 23.0 Å². The molecule has 1 aliphatic rings. The molecule has 4 nitrogen and oxygen atoms in total. The maximum absolute atomic E-state index is 13.8. The van der Waals surface area contributed by atoms with Crippen molar-refractivity contribution in [2.75, 3.05) is 0 Å². The summed E-state index contributed by atoms with van der Waals surface area (Å²) in [4.78, 5) is -0.00231. The highest BCUT2D eigenvalue weighted by molar-refractivity contribution is 7.89. The first kappa shape index (κ1) is 15.4. The summed E-state index contributed by atoms with van der Waals surface area (Å²) in [6.45, 7) is 3.69. The number of nitrogens with one attached hydrogen (secondary N) is 1. The molecule has 20 heavy (non-hydrogen) atoms. The van der Waals surface area contributed by atoms with Crippen LogP contribution in [0.5, 0.6) is 0 Å². The van der Waals surface area contributed by atoms with Crippen molar-refractivity contribution < 1.29 is 12.8 Å². The first-order chi connectivity index (χ1) is 9.33. The minimum atomic E-state index is -3.70. The summed E-state index contributed by atoms with van der Waals surface area (Å²) in [6, 6.07) is 2.68. The Hall–Kier alpha value is -0.980. The number of hydrogen-bond acceptors (Lipinski definition) is 3. The summed E-state index contributed by atoms with van der Waals surface area (Å²) in [5.74, 6) is -0.0102. The van der Waals surface area contributed by atoms with Crippen LogP contribution in [0.25, 0.3) is 0 Å². The molecule has 0 saturated heterocycles. The zero-order valence-electron chi connectivity index (χ0n) is 11.8. The van der Waals surface area contributed by atoms with Gasteiger partial charge in [0.05, 0.1) is 4.90 Å². The topological polar surface area (TPSA) is 72.2 Å². The van der Waals surface area contributed by atoms with Crippen molar-refractivity contribution in [2.45, 2.75) is 50.6 Å². The molecule has 2 rings (SSSR count). The number of benzene rings is 1. The summed E-state index contributed by atoms with van der Waals surface area (Å²) < 4.78 is 41.3. The average molecular weight is 300 g/mol. The monoisotopic (exact) mass is 300 g/mol. The van der Waals surface area contributed by atoms with Crippen molar-refractivity contribution in [3.05, 3.63) is 29.1 Å². The molecular formula is C14H21FN2O2S. The van der Waals surface area contributed by atoms with Crippen molar-refractivity contribution >= 4 is 10.0 Å². The fourth-order valence-electron chi connectivity index (χ4n) is 2.70. The summed E-state index contributed by atoms with van der Waals surface area (Å²) in [5, 5.41) is 0. The third-order valence-corrected chi connectivity index (χ3v) is 5.55. The van der Waals surface area contributed by atoms with E-state index in [0.717, 1.165) is 19.3 Å². The summed E-state index contributed by atoms with van der Waals surface area (Å²) >= 11 is 0. The van der Waals surface area contributed by atoms with E-state index in [4.69, 9.17) is 5.73 Å². The normalized spacial score (nSPS) is 23.2. The molecule has 1 aromatic rings. The Labute approximate surface area is 119 Å². The number of sulfonamides is 1. The van der Waals surface area contributed by atoms with Crippen LogP contribution in [-0.4, -0.2) is 14.5 Å². The second-order valence-electron chi connectivity index (χ2n) is 5.64. The van der Waals surface area contributed by atoms with Gasteiger partial charge >= 0.3 is 0 Å². The predicted molar refractivity (Wildman–Crippen MR) is 76.2 cm³/mol. The lowest BCUT2D eigenvalue weighted by Gasteiger charge is -2.15. The van der Waals surface area contributed by atoms with Crippen molar-refractivity contribution in [2.24, 2.45) is 11.7 Å². The first-order valence-corrected chi connectivity index (χ1v) is 8.33. The molecule has 112 valence electrons. The molecule has 0 bridgehead atoms. The Kier molecular flexibility index (Phi) is 4.46. The molecule has 0 aliphatic heterocycles. The van der Waals surface area contributed by atoms with Gasteiger partial charge in [-0.1, -0.05) is 6.92 Å². The molecule has 1 aromatic carbocycles. The van der Waals surface area contributed by atoms with Gasteiger partial charge < -0.3 is 5.73 Å². The molecule has 0 spiro atoms. The molecule has 2 atom stereocenters. The SMILES string of the molecule is Cc1c(F)cc(CN)cc1S(=O)(=O)NC1CCC(C)C1. The highest BCUT2D eigenvalue weighted by Crippen LogP contribution is 2.27. The van der Waals surface area contributed by atoms with Crippen molar-refractivity contribution in [1.29, 1.82) is 0 Å². The molecule has 2 unspecified atom stereocenters. The second-order valence-corrected chi connectivity index (χ2v) is 7.32. The number of rotatable bonds is 4. The quantitative estimate of drug-likeness (QED) is 0.894. The van der Waals surface area contributed by atoms with E-state index in [9.17, 15) is 12.8 Å². The van der Waals surface area contributed by atoms with Gasteiger partial charge in [-0.05, 0) is 49.8 Å². The molecule has 0 aromatic heterocycles. The smallest absolute Gasteiger partial charge is 0.241 e. The Morgan fingerprint density at radius 1 is 1.40 bits per heavy atom. The fraction of sp³-hybridized carbons (Fsp3) is 0.571. The summed E-state index contributed by atoms with van der Waals surface area (Å²) in [7, 11) is -3.70. The van der Waals surface area contributed by atoms with Gasteiger partial charge in [0, 0.05) is 18.2 Å². The minimum Gasteiger partial charge on any atom is -0.326 e. The lowest BCUT2D eigenvalue weighted by Crippen LogP contribution is -2.33. The Morgan fingerprint density at radius 2 is 2.10 bits per heavy atom. The molecule has 1 saturated carbocycles. The van der Waals surface area contributed by atoms with E-state index in [1.54, 1.807) is 0 Å². The molecule has 0 amide bonds. The van der Waals surface area contributed by atoms with Crippen LogP contribution in [0.4, 0.5) is 4.39 Å². The Bertz CT molecular complexity index is 601. The average Bonchev–Trinajstić information content (AvgIpc) is 2.76. The van der Waals surface area contributed by atoms with Crippen LogP contribution >= 0.6 is 0 Å². The van der Waals surface area contributed by atoms with E-state index >= 15 is 0 Å². The van der Waals surface area contributed by atoms with Gasteiger partial charge in [0.25, 0.3) is 0 Å². The zero-order chi connectivity index (χ0) is 14.9. The molecule has 6 heteroatoms.